The van der Waals surface area contributed by atoms with Crippen LogP contribution in [0.2, 0.25) is 0 Å². The first-order valence-corrected chi connectivity index (χ1v) is 6.56. The van der Waals surface area contributed by atoms with Crippen molar-refractivity contribution in [2.45, 2.75) is 64.7 Å². The minimum absolute atomic E-state index is 0.0938. The quantitative estimate of drug-likeness (QED) is 0.741. The Balaban J connectivity index is 0.000000336. The average Bonchev–Trinajstić information content (AvgIpc) is 2.30. The van der Waals surface area contributed by atoms with Crippen molar-refractivity contribution in [3.05, 3.63) is 0 Å². The Hall–Kier alpha value is -0.0800. The van der Waals surface area contributed by atoms with E-state index in [-0.39, 0.29) is 13.2 Å². The van der Waals surface area contributed by atoms with Gasteiger partial charge in [0.05, 0.1) is 0 Å². The molecule has 0 unspecified atom stereocenters. The summed E-state index contributed by atoms with van der Waals surface area (Å²) >= 11 is 0. The van der Waals surface area contributed by atoms with E-state index < -0.39 is 0 Å². The van der Waals surface area contributed by atoms with Crippen molar-refractivity contribution in [2.75, 3.05) is 13.2 Å². The third kappa shape index (κ3) is 10.2. The molecule has 0 radical (unpaired) electrons. The molecule has 1 rings (SSSR count). The molecule has 1 saturated carbocycles. The van der Waals surface area contributed by atoms with Gasteiger partial charge in [0.2, 0.25) is 0 Å². The molecule has 0 amide bonds. The van der Waals surface area contributed by atoms with Crippen LogP contribution in [0, 0.1) is 5.92 Å². The van der Waals surface area contributed by atoms with Gasteiger partial charge < -0.3 is 10.2 Å². The van der Waals surface area contributed by atoms with Gasteiger partial charge in [-0.25, -0.2) is 0 Å². The van der Waals surface area contributed by atoms with Gasteiger partial charge in [-0.05, 0) is 12.3 Å². The van der Waals surface area contributed by atoms with Crippen molar-refractivity contribution in [2.24, 2.45) is 5.92 Å². The summed E-state index contributed by atoms with van der Waals surface area (Å²) in [6, 6.07) is 0. The lowest BCUT2D eigenvalue weighted by atomic mass is 9.86. The maximum Gasteiger partial charge on any atom is 0.0452 e. The van der Waals surface area contributed by atoms with Crippen LogP contribution < -0.4 is 0 Å². The molecule has 2 nitrogen and oxygen atoms in total. The zero-order valence-electron chi connectivity index (χ0n) is 10.2. The fourth-order valence-electron chi connectivity index (χ4n) is 2.04. The highest BCUT2D eigenvalue weighted by Gasteiger charge is 2.11. The average molecular weight is 216 g/mol. The molecule has 0 atom stereocenters. The van der Waals surface area contributed by atoms with E-state index in [1.807, 2.05) is 0 Å². The van der Waals surface area contributed by atoms with Crippen LogP contribution in [0.5, 0.6) is 0 Å². The molecule has 0 aromatic rings. The van der Waals surface area contributed by atoms with Crippen LogP contribution in [0.3, 0.4) is 0 Å². The summed E-state index contributed by atoms with van der Waals surface area (Å²) < 4.78 is 0. The summed E-state index contributed by atoms with van der Waals surface area (Å²) in [6.07, 6.45) is 12.4. The van der Waals surface area contributed by atoms with E-state index >= 15 is 0 Å². The van der Waals surface area contributed by atoms with E-state index in [0.29, 0.717) is 6.42 Å². The van der Waals surface area contributed by atoms with E-state index in [4.69, 9.17) is 10.2 Å². The van der Waals surface area contributed by atoms with Crippen molar-refractivity contribution >= 4 is 0 Å². The number of unbranched alkanes of at least 4 members (excludes halogenated alkanes) is 1. The molecule has 92 valence electrons. The van der Waals surface area contributed by atoms with E-state index in [2.05, 4.69) is 6.92 Å². The van der Waals surface area contributed by atoms with Crippen LogP contribution >= 0.6 is 0 Å². The van der Waals surface area contributed by atoms with Crippen molar-refractivity contribution in [3.63, 3.8) is 0 Å². The molecule has 0 saturated heterocycles. The number of hydrogen-bond acceptors (Lipinski definition) is 2. The first kappa shape index (κ1) is 14.9. The lowest BCUT2D eigenvalue weighted by Gasteiger charge is -2.20. The summed E-state index contributed by atoms with van der Waals surface area (Å²) in [5, 5.41) is 15.8. The SMILES string of the molecule is CCCCC1CCCCC1.OCCCO. The van der Waals surface area contributed by atoms with Gasteiger partial charge in [0.15, 0.2) is 0 Å². The number of rotatable bonds is 5. The second kappa shape index (κ2) is 12.0. The zero-order chi connectivity index (χ0) is 11.4. The lowest BCUT2D eigenvalue weighted by Crippen LogP contribution is -2.05. The molecular formula is C13H28O2. The summed E-state index contributed by atoms with van der Waals surface area (Å²) in [7, 11) is 0. The maximum atomic E-state index is 7.91. The second-order valence-corrected chi connectivity index (χ2v) is 4.45. The largest absolute Gasteiger partial charge is 0.396 e. The summed E-state index contributed by atoms with van der Waals surface area (Å²) in [4.78, 5) is 0. The topological polar surface area (TPSA) is 40.5 Å². The predicted octanol–water partition coefficient (Wildman–Crippen LogP) is 3.12. The lowest BCUT2D eigenvalue weighted by molar-refractivity contribution is 0.221. The highest BCUT2D eigenvalue weighted by Crippen LogP contribution is 2.27. The van der Waals surface area contributed by atoms with Crippen LogP contribution in [-0.4, -0.2) is 23.4 Å². The molecule has 1 fully saturated rings. The summed E-state index contributed by atoms with van der Waals surface area (Å²) in [5.41, 5.74) is 0. The van der Waals surface area contributed by atoms with E-state index in [9.17, 15) is 0 Å². The molecule has 0 bridgehead atoms. The fraction of sp³-hybridized carbons (Fsp3) is 1.00. The fourth-order valence-corrected chi connectivity index (χ4v) is 2.04. The van der Waals surface area contributed by atoms with Crippen molar-refractivity contribution in [3.8, 4) is 0 Å². The molecule has 0 heterocycles. The van der Waals surface area contributed by atoms with E-state index in [1.54, 1.807) is 0 Å². The molecular weight excluding hydrogens is 188 g/mol. The first-order valence-electron chi connectivity index (χ1n) is 6.56. The highest BCUT2D eigenvalue weighted by atomic mass is 16.3. The highest BCUT2D eigenvalue weighted by molar-refractivity contribution is 4.65. The van der Waals surface area contributed by atoms with Gasteiger partial charge in [0, 0.05) is 13.2 Å². The van der Waals surface area contributed by atoms with Crippen LogP contribution in [0.4, 0.5) is 0 Å². The molecule has 0 spiro atoms. The van der Waals surface area contributed by atoms with Crippen molar-refractivity contribution < 1.29 is 10.2 Å². The molecule has 15 heavy (non-hydrogen) atoms. The van der Waals surface area contributed by atoms with Crippen LogP contribution in [-0.2, 0) is 0 Å². The first-order chi connectivity index (χ1) is 7.35. The van der Waals surface area contributed by atoms with E-state index in [1.165, 1.54) is 51.4 Å². The molecule has 2 heteroatoms. The summed E-state index contributed by atoms with van der Waals surface area (Å²) in [6.45, 7) is 2.48. The van der Waals surface area contributed by atoms with Gasteiger partial charge in [0.1, 0.15) is 0 Å². The van der Waals surface area contributed by atoms with Crippen LogP contribution in [0.15, 0.2) is 0 Å². The van der Waals surface area contributed by atoms with Gasteiger partial charge in [-0.15, -0.1) is 0 Å². The van der Waals surface area contributed by atoms with Gasteiger partial charge in [-0.2, -0.15) is 0 Å². The van der Waals surface area contributed by atoms with Gasteiger partial charge in [-0.3, -0.25) is 0 Å². The van der Waals surface area contributed by atoms with Crippen molar-refractivity contribution in [1.29, 1.82) is 0 Å². The molecule has 0 aromatic heterocycles. The Kier molecular flexibility index (Phi) is 11.9. The smallest absolute Gasteiger partial charge is 0.0452 e. The number of hydrogen-bond donors (Lipinski definition) is 2. The Morgan fingerprint density at radius 1 is 0.933 bits per heavy atom. The molecule has 1 aliphatic carbocycles. The predicted molar refractivity (Wildman–Crippen MR) is 64.9 cm³/mol. The van der Waals surface area contributed by atoms with Gasteiger partial charge in [0.25, 0.3) is 0 Å². The van der Waals surface area contributed by atoms with Crippen LogP contribution in [0.1, 0.15) is 64.7 Å². The Morgan fingerprint density at radius 3 is 1.93 bits per heavy atom. The molecule has 1 aliphatic rings. The second-order valence-electron chi connectivity index (χ2n) is 4.45. The Labute approximate surface area is 94.7 Å². The molecule has 0 aromatic carbocycles. The third-order valence-electron chi connectivity index (χ3n) is 3.01. The number of aliphatic hydroxyl groups excluding tert-OH is 2. The monoisotopic (exact) mass is 216 g/mol. The van der Waals surface area contributed by atoms with Crippen LogP contribution in [0.25, 0.3) is 0 Å². The maximum absolute atomic E-state index is 7.91. The normalized spacial score (nSPS) is 17.0. The Bertz CT molecular complexity index is 107. The standard InChI is InChI=1S/C10H20.C3H8O2/c1-2-3-7-10-8-5-4-6-9-10;4-2-1-3-5/h10H,2-9H2,1H3;4-5H,1-3H2. The number of aliphatic hydroxyl groups is 2. The molecule has 2 N–H and O–H groups in total. The minimum atomic E-state index is 0.0938. The zero-order valence-corrected chi connectivity index (χ0v) is 10.2. The van der Waals surface area contributed by atoms with Gasteiger partial charge >= 0.3 is 0 Å². The molecule has 0 aliphatic heterocycles. The minimum Gasteiger partial charge on any atom is -0.396 e. The summed E-state index contributed by atoms with van der Waals surface area (Å²) in [5.74, 6) is 1.11. The Morgan fingerprint density at radius 2 is 1.53 bits per heavy atom. The van der Waals surface area contributed by atoms with Crippen molar-refractivity contribution in [1.82, 2.24) is 0 Å². The van der Waals surface area contributed by atoms with E-state index in [0.717, 1.165) is 5.92 Å². The van der Waals surface area contributed by atoms with Gasteiger partial charge in [-0.1, -0.05) is 58.3 Å². The third-order valence-corrected chi connectivity index (χ3v) is 3.01.